The Hall–Kier alpha value is -1.71. The van der Waals surface area contributed by atoms with Crippen LogP contribution in [0.25, 0.3) is 0 Å². The normalized spacial score (nSPS) is 12.7. The number of aliphatic hydroxyl groups excluding tert-OH is 1. The van der Waals surface area contributed by atoms with Gasteiger partial charge in [-0.05, 0) is 38.1 Å². The van der Waals surface area contributed by atoms with Crippen molar-refractivity contribution >= 4 is 0 Å². The predicted octanol–water partition coefficient (Wildman–Crippen LogP) is 3.61. The topological polar surface area (TPSA) is 23.5 Å². The first-order valence-electron chi connectivity index (χ1n) is 7.14. The van der Waals surface area contributed by atoms with Crippen LogP contribution in [0.4, 0.5) is 4.39 Å². The molecule has 0 spiro atoms. The number of halogens is 1. The molecule has 1 atom stereocenters. The maximum absolute atomic E-state index is 13.6. The zero-order valence-corrected chi connectivity index (χ0v) is 12.8. The minimum Gasteiger partial charge on any atom is -0.387 e. The van der Waals surface area contributed by atoms with E-state index in [1.165, 1.54) is 6.07 Å². The average Bonchev–Trinajstić information content (AvgIpc) is 2.44. The summed E-state index contributed by atoms with van der Waals surface area (Å²) in [4.78, 5) is 1.94. The summed E-state index contributed by atoms with van der Waals surface area (Å²) >= 11 is 0. The quantitative estimate of drug-likeness (QED) is 0.908. The Labute approximate surface area is 125 Å². The zero-order chi connectivity index (χ0) is 15.4. The fraction of sp³-hybridized carbons (Fsp3) is 0.333. The van der Waals surface area contributed by atoms with E-state index >= 15 is 0 Å². The Morgan fingerprint density at radius 1 is 1.14 bits per heavy atom. The van der Waals surface area contributed by atoms with Gasteiger partial charge >= 0.3 is 0 Å². The van der Waals surface area contributed by atoms with Crippen molar-refractivity contribution in [3.8, 4) is 0 Å². The minimum atomic E-state index is -0.568. The molecule has 3 heteroatoms. The smallest absolute Gasteiger partial charge is 0.127 e. The number of likely N-dealkylation sites (N-methyl/N-ethyl adjacent to an activating group) is 1. The molecule has 0 saturated heterocycles. The van der Waals surface area contributed by atoms with E-state index in [0.29, 0.717) is 18.7 Å². The first-order chi connectivity index (χ1) is 9.97. The third-order valence-electron chi connectivity index (χ3n) is 3.68. The van der Waals surface area contributed by atoms with E-state index in [9.17, 15) is 9.50 Å². The predicted molar refractivity (Wildman–Crippen MR) is 83.6 cm³/mol. The second-order valence-electron chi connectivity index (χ2n) is 5.66. The summed E-state index contributed by atoms with van der Waals surface area (Å²) in [5, 5.41) is 10.4. The van der Waals surface area contributed by atoms with Gasteiger partial charge in [0.15, 0.2) is 0 Å². The van der Waals surface area contributed by atoms with E-state index in [-0.39, 0.29) is 5.82 Å². The van der Waals surface area contributed by atoms with Crippen LogP contribution in [0.2, 0.25) is 0 Å². The molecule has 0 aliphatic carbocycles. The second kappa shape index (κ2) is 6.83. The van der Waals surface area contributed by atoms with Gasteiger partial charge in [0.25, 0.3) is 0 Å². The van der Waals surface area contributed by atoms with Crippen molar-refractivity contribution < 1.29 is 9.50 Å². The lowest BCUT2D eigenvalue weighted by molar-refractivity contribution is 0.122. The molecular formula is C18H22FNO. The van der Waals surface area contributed by atoms with Crippen LogP contribution < -0.4 is 0 Å². The molecule has 2 nitrogen and oxygen atoms in total. The maximum atomic E-state index is 13.6. The summed E-state index contributed by atoms with van der Waals surface area (Å²) in [6.45, 7) is 4.96. The van der Waals surface area contributed by atoms with Gasteiger partial charge in [-0.25, -0.2) is 4.39 Å². The van der Waals surface area contributed by atoms with Gasteiger partial charge in [0.1, 0.15) is 5.82 Å². The molecule has 2 rings (SSSR count). The fourth-order valence-corrected chi connectivity index (χ4v) is 2.49. The number of rotatable bonds is 5. The lowest BCUT2D eigenvalue weighted by atomic mass is 10.0. The summed E-state index contributed by atoms with van der Waals surface area (Å²) in [5.41, 5.74) is 3.79. The number of hydrogen-bond acceptors (Lipinski definition) is 2. The van der Waals surface area contributed by atoms with Crippen LogP contribution in [-0.2, 0) is 6.54 Å². The molecule has 0 bridgehead atoms. The molecule has 112 valence electrons. The highest BCUT2D eigenvalue weighted by Gasteiger charge is 2.14. The third-order valence-corrected chi connectivity index (χ3v) is 3.68. The van der Waals surface area contributed by atoms with Gasteiger partial charge in [-0.3, -0.25) is 4.90 Å². The molecule has 0 aliphatic heterocycles. The van der Waals surface area contributed by atoms with Gasteiger partial charge in [0, 0.05) is 18.7 Å². The highest BCUT2D eigenvalue weighted by atomic mass is 19.1. The summed E-state index contributed by atoms with van der Waals surface area (Å²) in [7, 11) is 1.89. The van der Waals surface area contributed by atoms with Crippen molar-refractivity contribution in [2.45, 2.75) is 26.5 Å². The Bertz CT molecular complexity index is 612. The maximum Gasteiger partial charge on any atom is 0.127 e. The Balaban J connectivity index is 2.04. The molecule has 2 aromatic rings. The highest BCUT2D eigenvalue weighted by Crippen LogP contribution is 2.20. The van der Waals surface area contributed by atoms with Gasteiger partial charge in [-0.1, -0.05) is 42.0 Å². The second-order valence-corrected chi connectivity index (χ2v) is 5.66. The standard InChI is InChI=1S/C18H22FNO/c1-13-8-9-14(2)16(10-13)18(21)12-20(3)11-15-6-4-5-7-17(15)19/h4-10,18,21H,11-12H2,1-3H3. The lowest BCUT2D eigenvalue weighted by Gasteiger charge is -2.22. The van der Waals surface area contributed by atoms with Crippen molar-refractivity contribution in [1.82, 2.24) is 4.90 Å². The van der Waals surface area contributed by atoms with E-state index in [1.54, 1.807) is 12.1 Å². The molecule has 2 aromatic carbocycles. The van der Waals surface area contributed by atoms with Crippen molar-refractivity contribution in [2.75, 3.05) is 13.6 Å². The molecular weight excluding hydrogens is 265 g/mol. The summed E-state index contributed by atoms with van der Waals surface area (Å²) in [5.74, 6) is -0.203. The van der Waals surface area contributed by atoms with Crippen LogP contribution in [0, 0.1) is 19.7 Å². The lowest BCUT2D eigenvalue weighted by Crippen LogP contribution is -2.25. The molecule has 21 heavy (non-hydrogen) atoms. The van der Waals surface area contributed by atoms with Crippen LogP contribution in [0.15, 0.2) is 42.5 Å². The Morgan fingerprint density at radius 2 is 1.86 bits per heavy atom. The molecule has 1 N–H and O–H groups in total. The SMILES string of the molecule is Cc1ccc(C)c(C(O)CN(C)Cc2ccccc2F)c1. The molecule has 0 aromatic heterocycles. The van der Waals surface area contributed by atoms with Gasteiger partial charge in [0.2, 0.25) is 0 Å². The summed E-state index contributed by atoms with van der Waals surface area (Å²) in [6.07, 6.45) is -0.568. The van der Waals surface area contributed by atoms with Gasteiger partial charge in [-0.2, -0.15) is 0 Å². The van der Waals surface area contributed by atoms with Crippen LogP contribution in [0.3, 0.4) is 0 Å². The number of hydrogen-bond donors (Lipinski definition) is 1. The van der Waals surface area contributed by atoms with E-state index in [4.69, 9.17) is 0 Å². The Kier molecular flexibility index (Phi) is 5.10. The first kappa shape index (κ1) is 15.7. The number of aryl methyl sites for hydroxylation is 2. The monoisotopic (exact) mass is 287 g/mol. The van der Waals surface area contributed by atoms with Crippen molar-refractivity contribution in [3.63, 3.8) is 0 Å². The molecule has 1 unspecified atom stereocenters. The molecule has 0 saturated carbocycles. The Morgan fingerprint density at radius 3 is 2.57 bits per heavy atom. The molecule has 0 heterocycles. The van der Waals surface area contributed by atoms with Crippen molar-refractivity contribution in [3.05, 3.63) is 70.5 Å². The highest BCUT2D eigenvalue weighted by molar-refractivity contribution is 5.32. The fourth-order valence-electron chi connectivity index (χ4n) is 2.49. The summed E-state index contributed by atoms with van der Waals surface area (Å²) < 4.78 is 13.6. The van der Waals surface area contributed by atoms with Crippen LogP contribution >= 0.6 is 0 Å². The van der Waals surface area contributed by atoms with E-state index in [1.807, 2.05) is 50.1 Å². The average molecular weight is 287 g/mol. The molecule has 0 radical (unpaired) electrons. The zero-order valence-electron chi connectivity index (χ0n) is 12.8. The van der Waals surface area contributed by atoms with E-state index in [2.05, 4.69) is 0 Å². The number of nitrogens with zero attached hydrogens (tertiary/aromatic N) is 1. The summed E-state index contributed by atoms with van der Waals surface area (Å²) in [6, 6.07) is 12.8. The van der Waals surface area contributed by atoms with Gasteiger partial charge in [0.05, 0.1) is 6.10 Å². The van der Waals surface area contributed by atoms with Crippen molar-refractivity contribution in [1.29, 1.82) is 0 Å². The van der Waals surface area contributed by atoms with Crippen LogP contribution in [0.1, 0.15) is 28.4 Å². The van der Waals surface area contributed by atoms with Crippen molar-refractivity contribution in [2.24, 2.45) is 0 Å². The van der Waals surface area contributed by atoms with E-state index < -0.39 is 6.10 Å². The third kappa shape index (κ3) is 4.13. The molecule has 0 fully saturated rings. The molecule has 0 amide bonds. The van der Waals surface area contributed by atoms with Gasteiger partial charge < -0.3 is 5.11 Å². The van der Waals surface area contributed by atoms with Crippen LogP contribution in [0.5, 0.6) is 0 Å². The van der Waals surface area contributed by atoms with Gasteiger partial charge in [-0.15, -0.1) is 0 Å². The van der Waals surface area contributed by atoms with Crippen LogP contribution in [-0.4, -0.2) is 23.6 Å². The molecule has 0 aliphatic rings. The first-order valence-corrected chi connectivity index (χ1v) is 7.14. The number of aliphatic hydroxyl groups is 1. The van der Waals surface area contributed by atoms with E-state index in [0.717, 1.165) is 16.7 Å². The largest absolute Gasteiger partial charge is 0.387 e. The minimum absolute atomic E-state index is 0.203. The number of benzene rings is 2.